The molecule has 0 bridgehead atoms. The van der Waals surface area contributed by atoms with Crippen molar-refractivity contribution in [2.75, 3.05) is 12.4 Å². The molecule has 1 aromatic heterocycles. The van der Waals surface area contributed by atoms with Gasteiger partial charge in [0.05, 0.1) is 12.3 Å². The summed E-state index contributed by atoms with van der Waals surface area (Å²) >= 11 is 1.64. The Hall–Kier alpha value is -2.34. The molecule has 0 atom stereocenters. The van der Waals surface area contributed by atoms with E-state index in [-0.39, 0.29) is 0 Å². The van der Waals surface area contributed by atoms with Crippen LogP contribution in [0.4, 0.5) is 0 Å². The maximum absolute atomic E-state index is 5.88. The standard InChI is InChI=1S/C18H20N4OS/c1-14-9-10-15(2)17(13-14)23-11-6-12-24-18-19-20-21-22(18)16-7-4-3-5-8-16/h3-5,7-10,13H,6,11-12H2,1-2H3. The Bertz CT molecular complexity index is 789. The minimum atomic E-state index is 0.685. The van der Waals surface area contributed by atoms with Gasteiger partial charge in [-0.25, -0.2) is 0 Å². The molecular formula is C18H20N4OS. The molecule has 124 valence electrons. The number of thioether (sulfide) groups is 1. The van der Waals surface area contributed by atoms with Gasteiger partial charge in [-0.1, -0.05) is 42.1 Å². The van der Waals surface area contributed by atoms with Crippen LogP contribution in [0.1, 0.15) is 17.5 Å². The highest BCUT2D eigenvalue weighted by molar-refractivity contribution is 7.99. The highest BCUT2D eigenvalue weighted by Gasteiger charge is 2.08. The zero-order valence-corrected chi connectivity index (χ0v) is 14.7. The van der Waals surface area contributed by atoms with Crippen molar-refractivity contribution >= 4 is 11.8 Å². The third kappa shape index (κ3) is 4.14. The van der Waals surface area contributed by atoms with Crippen molar-refractivity contribution in [3.05, 3.63) is 59.7 Å². The predicted octanol–water partition coefficient (Wildman–Crippen LogP) is 3.84. The van der Waals surface area contributed by atoms with Gasteiger partial charge in [0, 0.05) is 5.75 Å². The van der Waals surface area contributed by atoms with Gasteiger partial charge in [0.1, 0.15) is 5.75 Å². The monoisotopic (exact) mass is 340 g/mol. The van der Waals surface area contributed by atoms with E-state index in [4.69, 9.17) is 4.74 Å². The number of para-hydroxylation sites is 1. The Balaban J connectivity index is 1.49. The number of rotatable bonds is 7. The van der Waals surface area contributed by atoms with Crippen LogP contribution in [0, 0.1) is 13.8 Å². The van der Waals surface area contributed by atoms with E-state index in [1.54, 1.807) is 16.4 Å². The van der Waals surface area contributed by atoms with Gasteiger partial charge >= 0.3 is 0 Å². The molecule has 6 heteroatoms. The molecule has 0 saturated heterocycles. The van der Waals surface area contributed by atoms with Gasteiger partial charge in [0.25, 0.3) is 0 Å². The fourth-order valence-electron chi connectivity index (χ4n) is 2.27. The molecule has 0 unspecified atom stereocenters. The number of ether oxygens (including phenoxy) is 1. The Labute approximate surface area is 146 Å². The van der Waals surface area contributed by atoms with Gasteiger partial charge in [-0.15, -0.1) is 5.10 Å². The number of aromatic nitrogens is 4. The Morgan fingerprint density at radius 2 is 1.92 bits per heavy atom. The minimum absolute atomic E-state index is 0.685. The smallest absolute Gasteiger partial charge is 0.214 e. The summed E-state index contributed by atoms with van der Waals surface area (Å²) in [5, 5.41) is 12.7. The van der Waals surface area contributed by atoms with Gasteiger partial charge in [-0.2, -0.15) is 4.68 Å². The van der Waals surface area contributed by atoms with Crippen molar-refractivity contribution in [3.63, 3.8) is 0 Å². The van der Waals surface area contributed by atoms with Crippen LogP contribution in [0.15, 0.2) is 53.7 Å². The van der Waals surface area contributed by atoms with Crippen LogP contribution in [0.5, 0.6) is 5.75 Å². The van der Waals surface area contributed by atoms with Crippen molar-refractivity contribution in [2.45, 2.75) is 25.4 Å². The summed E-state index contributed by atoms with van der Waals surface area (Å²) < 4.78 is 7.64. The van der Waals surface area contributed by atoms with E-state index < -0.39 is 0 Å². The zero-order chi connectivity index (χ0) is 16.8. The molecule has 0 aliphatic rings. The Morgan fingerprint density at radius 3 is 2.75 bits per heavy atom. The quantitative estimate of drug-likeness (QED) is 0.483. The summed E-state index contributed by atoms with van der Waals surface area (Å²) in [6.45, 7) is 4.83. The predicted molar refractivity (Wildman–Crippen MR) is 95.9 cm³/mol. The van der Waals surface area contributed by atoms with E-state index in [9.17, 15) is 0 Å². The summed E-state index contributed by atoms with van der Waals surface area (Å²) in [5.74, 6) is 1.87. The van der Waals surface area contributed by atoms with Gasteiger partial charge in [0.15, 0.2) is 0 Å². The Kier molecular flexibility index (Phi) is 5.48. The van der Waals surface area contributed by atoms with Crippen LogP contribution in [-0.4, -0.2) is 32.6 Å². The number of hydrogen-bond acceptors (Lipinski definition) is 5. The van der Waals surface area contributed by atoms with E-state index in [2.05, 4.69) is 47.6 Å². The van der Waals surface area contributed by atoms with E-state index in [0.29, 0.717) is 6.61 Å². The molecule has 24 heavy (non-hydrogen) atoms. The van der Waals surface area contributed by atoms with Gasteiger partial charge in [-0.05, 0) is 60.0 Å². The normalized spacial score (nSPS) is 10.8. The minimum Gasteiger partial charge on any atom is -0.493 e. The van der Waals surface area contributed by atoms with Crippen LogP contribution in [0.3, 0.4) is 0 Å². The third-order valence-electron chi connectivity index (χ3n) is 3.56. The van der Waals surface area contributed by atoms with Gasteiger partial charge in [0.2, 0.25) is 5.16 Å². The van der Waals surface area contributed by atoms with Gasteiger partial charge < -0.3 is 4.74 Å². The summed E-state index contributed by atoms with van der Waals surface area (Å²) in [6.07, 6.45) is 0.930. The zero-order valence-electron chi connectivity index (χ0n) is 13.8. The van der Waals surface area contributed by atoms with Crippen molar-refractivity contribution in [3.8, 4) is 11.4 Å². The van der Waals surface area contributed by atoms with E-state index in [1.807, 2.05) is 30.3 Å². The van der Waals surface area contributed by atoms with E-state index in [1.165, 1.54) is 11.1 Å². The van der Waals surface area contributed by atoms with Crippen molar-refractivity contribution in [2.24, 2.45) is 0 Å². The number of tetrazole rings is 1. The average Bonchev–Trinajstić information content (AvgIpc) is 3.07. The lowest BCUT2D eigenvalue weighted by atomic mass is 10.1. The molecule has 3 aromatic rings. The first kappa shape index (κ1) is 16.5. The molecule has 0 amide bonds. The molecule has 2 aromatic carbocycles. The second-order valence-corrected chi connectivity index (χ2v) is 6.59. The second kappa shape index (κ2) is 7.97. The fourth-order valence-corrected chi connectivity index (χ4v) is 3.07. The fraction of sp³-hybridized carbons (Fsp3) is 0.278. The first-order chi connectivity index (χ1) is 11.7. The molecule has 1 heterocycles. The van der Waals surface area contributed by atoms with Crippen LogP contribution < -0.4 is 4.74 Å². The first-order valence-electron chi connectivity index (χ1n) is 7.91. The maximum atomic E-state index is 5.88. The molecule has 0 N–H and O–H groups in total. The summed E-state index contributed by atoms with van der Waals surface area (Å²) in [6, 6.07) is 16.2. The molecular weight excluding hydrogens is 320 g/mol. The van der Waals surface area contributed by atoms with Crippen LogP contribution in [0.2, 0.25) is 0 Å². The molecule has 0 spiro atoms. The Morgan fingerprint density at radius 1 is 1.08 bits per heavy atom. The molecule has 0 aliphatic carbocycles. The van der Waals surface area contributed by atoms with Crippen LogP contribution in [-0.2, 0) is 0 Å². The largest absolute Gasteiger partial charge is 0.493 e. The van der Waals surface area contributed by atoms with Gasteiger partial charge in [-0.3, -0.25) is 0 Å². The highest BCUT2D eigenvalue weighted by Crippen LogP contribution is 2.21. The van der Waals surface area contributed by atoms with E-state index in [0.717, 1.165) is 28.8 Å². The third-order valence-corrected chi connectivity index (χ3v) is 4.57. The summed E-state index contributed by atoms with van der Waals surface area (Å²) in [7, 11) is 0. The molecule has 0 saturated carbocycles. The highest BCUT2D eigenvalue weighted by atomic mass is 32.2. The molecule has 3 rings (SSSR count). The lowest BCUT2D eigenvalue weighted by molar-refractivity contribution is 0.316. The maximum Gasteiger partial charge on any atom is 0.214 e. The second-order valence-electron chi connectivity index (χ2n) is 5.53. The average molecular weight is 340 g/mol. The first-order valence-corrected chi connectivity index (χ1v) is 8.89. The number of nitrogens with zero attached hydrogens (tertiary/aromatic N) is 4. The van der Waals surface area contributed by atoms with Crippen molar-refractivity contribution in [1.29, 1.82) is 0 Å². The molecule has 0 fully saturated rings. The van der Waals surface area contributed by atoms with Crippen LogP contribution >= 0.6 is 11.8 Å². The van der Waals surface area contributed by atoms with Crippen molar-refractivity contribution in [1.82, 2.24) is 20.2 Å². The van der Waals surface area contributed by atoms with E-state index >= 15 is 0 Å². The summed E-state index contributed by atoms with van der Waals surface area (Å²) in [5.41, 5.74) is 3.35. The number of benzene rings is 2. The van der Waals surface area contributed by atoms with Crippen LogP contribution in [0.25, 0.3) is 5.69 Å². The lowest BCUT2D eigenvalue weighted by Crippen LogP contribution is -2.02. The topological polar surface area (TPSA) is 52.8 Å². The summed E-state index contributed by atoms with van der Waals surface area (Å²) in [4.78, 5) is 0. The molecule has 0 aliphatic heterocycles. The molecule has 5 nitrogen and oxygen atoms in total. The molecule has 0 radical (unpaired) electrons. The lowest BCUT2D eigenvalue weighted by Gasteiger charge is -2.09. The SMILES string of the molecule is Cc1ccc(C)c(OCCCSc2nnnn2-c2ccccc2)c1. The number of hydrogen-bond donors (Lipinski definition) is 0. The number of aryl methyl sites for hydroxylation is 2. The van der Waals surface area contributed by atoms with Crippen molar-refractivity contribution < 1.29 is 4.74 Å².